The number of aromatic amines is 1. The van der Waals surface area contributed by atoms with Crippen molar-refractivity contribution in [2.75, 3.05) is 0 Å². The fourth-order valence-corrected chi connectivity index (χ4v) is 2.83. The van der Waals surface area contributed by atoms with Gasteiger partial charge in [-0.1, -0.05) is 30.3 Å². The summed E-state index contributed by atoms with van der Waals surface area (Å²) >= 11 is 0. The van der Waals surface area contributed by atoms with E-state index in [-0.39, 0.29) is 17.7 Å². The predicted molar refractivity (Wildman–Crippen MR) is 102 cm³/mol. The molecule has 1 unspecified atom stereocenters. The van der Waals surface area contributed by atoms with Crippen LogP contribution in [0.3, 0.4) is 0 Å². The van der Waals surface area contributed by atoms with Gasteiger partial charge in [-0.3, -0.25) is 4.79 Å². The van der Waals surface area contributed by atoms with Crippen LogP contribution < -0.4 is 15.6 Å². The maximum atomic E-state index is 12.2. The lowest BCUT2D eigenvalue weighted by atomic mass is 10.1. The molecular weight excluding hydrogens is 312 g/mol. The van der Waals surface area contributed by atoms with Crippen molar-refractivity contribution in [1.82, 2.24) is 10.3 Å². The normalized spacial score (nSPS) is 12.5. The average molecular weight is 336 g/mol. The van der Waals surface area contributed by atoms with Crippen molar-refractivity contribution < 1.29 is 4.74 Å². The van der Waals surface area contributed by atoms with Gasteiger partial charge in [0.1, 0.15) is 5.75 Å². The highest BCUT2D eigenvalue weighted by Crippen LogP contribution is 2.20. The molecule has 3 aromatic rings. The fourth-order valence-electron chi connectivity index (χ4n) is 2.83. The second kappa shape index (κ2) is 7.53. The summed E-state index contributed by atoms with van der Waals surface area (Å²) in [5, 5.41) is 4.47. The van der Waals surface area contributed by atoms with Crippen LogP contribution in [-0.2, 0) is 6.54 Å². The van der Waals surface area contributed by atoms with E-state index in [9.17, 15) is 4.79 Å². The predicted octanol–water partition coefficient (Wildman–Crippen LogP) is 4.17. The molecular formula is C21H24N2O2. The summed E-state index contributed by atoms with van der Waals surface area (Å²) in [5.74, 6) is 0.865. The zero-order valence-corrected chi connectivity index (χ0v) is 14.9. The third-order valence-corrected chi connectivity index (χ3v) is 4.16. The summed E-state index contributed by atoms with van der Waals surface area (Å²) in [6, 6.07) is 17.9. The van der Waals surface area contributed by atoms with E-state index in [2.05, 4.69) is 23.3 Å². The molecule has 0 aliphatic rings. The van der Waals surface area contributed by atoms with Crippen LogP contribution in [0.4, 0.5) is 0 Å². The quantitative estimate of drug-likeness (QED) is 0.710. The van der Waals surface area contributed by atoms with Crippen molar-refractivity contribution in [3.8, 4) is 5.75 Å². The number of H-pyrrole nitrogens is 1. The van der Waals surface area contributed by atoms with E-state index in [1.54, 1.807) is 0 Å². The van der Waals surface area contributed by atoms with Crippen molar-refractivity contribution in [3.05, 3.63) is 76.1 Å². The first-order chi connectivity index (χ1) is 12.0. The van der Waals surface area contributed by atoms with Crippen LogP contribution in [0.5, 0.6) is 5.75 Å². The van der Waals surface area contributed by atoms with Gasteiger partial charge in [0.2, 0.25) is 0 Å². The summed E-state index contributed by atoms with van der Waals surface area (Å²) in [4.78, 5) is 15.2. The number of aromatic nitrogens is 1. The Balaban J connectivity index is 1.73. The molecule has 0 amide bonds. The van der Waals surface area contributed by atoms with Crippen LogP contribution in [0.2, 0.25) is 0 Å². The molecule has 0 bridgehead atoms. The Morgan fingerprint density at radius 1 is 1.04 bits per heavy atom. The standard InChI is InChI=1S/C21H24N2O2/c1-14(2)25-19-9-6-8-16(12-19)15(3)22-13-18-11-17-7-4-5-10-20(17)23-21(18)24/h4-12,14-15,22H,13H2,1-3H3,(H,23,24). The van der Waals surface area contributed by atoms with Crippen molar-refractivity contribution >= 4 is 10.9 Å². The van der Waals surface area contributed by atoms with Gasteiger partial charge in [0.25, 0.3) is 5.56 Å². The van der Waals surface area contributed by atoms with Crippen LogP contribution in [0.25, 0.3) is 10.9 Å². The van der Waals surface area contributed by atoms with Gasteiger partial charge in [-0.2, -0.15) is 0 Å². The van der Waals surface area contributed by atoms with Crippen LogP contribution in [0.1, 0.15) is 37.9 Å². The minimum Gasteiger partial charge on any atom is -0.491 e. The number of nitrogens with one attached hydrogen (secondary N) is 2. The Morgan fingerprint density at radius 3 is 2.64 bits per heavy atom. The van der Waals surface area contributed by atoms with Gasteiger partial charge in [-0.15, -0.1) is 0 Å². The topological polar surface area (TPSA) is 54.1 Å². The highest BCUT2D eigenvalue weighted by molar-refractivity contribution is 5.78. The first-order valence-corrected chi connectivity index (χ1v) is 8.64. The minimum absolute atomic E-state index is 0.0460. The Bertz CT molecular complexity index is 915. The molecule has 2 N–H and O–H groups in total. The first-order valence-electron chi connectivity index (χ1n) is 8.64. The molecule has 130 valence electrons. The van der Waals surface area contributed by atoms with Crippen molar-refractivity contribution in [1.29, 1.82) is 0 Å². The number of pyridine rings is 1. The zero-order valence-electron chi connectivity index (χ0n) is 14.9. The zero-order chi connectivity index (χ0) is 17.8. The number of rotatable bonds is 6. The second-order valence-electron chi connectivity index (χ2n) is 6.55. The molecule has 1 atom stereocenters. The van der Waals surface area contributed by atoms with Crippen LogP contribution >= 0.6 is 0 Å². The van der Waals surface area contributed by atoms with Crippen LogP contribution in [0.15, 0.2) is 59.4 Å². The monoisotopic (exact) mass is 336 g/mol. The van der Waals surface area contributed by atoms with Gasteiger partial charge in [-0.05, 0) is 56.0 Å². The minimum atomic E-state index is -0.0460. The van der Waals surface area contributed by atoms with Gasteiger partial charge in [-0.25, -0.2) is 0 Å². The van der Waals surface area contributed by atoms with Crippen molar-refractivity contribution in [2.24, 2.45) is 0 Å². The van der Waals surface area contributed by atoms with Crippen LogP contribution in [0, 0.1) is 0 Å². The van der Waals surface area contributed by atoms with Gasteiger partial charge >= 0.3 is 0 Å². The summed E-state index contributed by atoms with van der Waals surface area (Å²) in [6.45, 7) is 6.63. The Hall–Kier alpha value is -2.59. The molecule has 2 aromatic carbocycles. The van der Waals surface area contributed by atoms with Crippen molar-refractivity contribution in [2.45, 2.75) is 39.5 Å². The summed E-state index contributed by atoms with van der Waals surface area (Å²) in [6.07, 6.45) is 0.148. The number of fused-ring (bicyclic) bond motifs is 1. The number of hydrogen-bond acceptors (Lipinski definition) is 3. The maximum absolute atomic E-state index is 12.2. The lowest BCUT2D eigenvalue weighted by Gasteiger charge is -2.16. The SMILES string of the molecule is CC(C)Oc1cccc(C(C)NCc2cc3ccccc3[nH]c2=O)c1. The Kier molecular flexibility index (Phi) is 5.19. The summed E-state index contributed by atoms with van der Waals surface area (Å²) < 4.78 is 5.75. The molecule has 3 rings (SSSR count). The molecule has 0 fully saturated rings. The van der Waals surface area contributed by atoms with Gasteiger partial charge in [0, 0.05) is 23.7 Å². The van der Waals surface area contributed by atoms with Crippen molar-refractivity contribution in [3.63, 3.8) is 0 Å². The van der Waals surface area contributed by atoms with E-state index in [1.807, 2.05) is 62.4 Å². The molecule has 0 radical (unpaired) electrons. The molecule has 1 aromatic heterocycles. The van der Waals surface area contributed by atoms with Gasteiger partial charge < -0.3 is 15.0 Å². The summed E-state index contributed by atoms with van der Waals surface area (Å²) in [5.41, 5.74) is 2.69. The maximum Gasteiger partial charge on any atom is 0.252 e. The first kappa shape index (κ1) is 17.2. The molecule has 0 spiro atoms. The molecule has 25 heavy (non-hydrogen) atoms. The number of benzene rings is 2. The molecule has 4 heteroatoms. The van der Waals surface area contributed by atoms with Gasteiger partial charge in [0.15, 0.2) is 0 Å². The van der Waals surface area contributed by atoms with E-state index in [0.717, 1.165) is 27.8 Å². The molecule has 0 aliphatic heterocycles. The van der Waals surface area contributed by atoms with E-state index in [1.165, 1.54) is 0 Å². The lowest BCUT2D eigenvalue weighted by Crippen LogP contribution is -2.23. The average Bonchev–Trinajstić information content (AvgIpc) is 2.59. The molecule has 0 saturated carbocycles. The highest BCUT2D eigenvalue weighted by Gasteiger charge is 2.09. The van der Waals surface area contributed by atoms with E-state index >= 15 is 0 Å². The Morgan fingerprint density at radius 2 is 1.84 bits per heavy atom. The molecule has 4 nitrogen and oxygen atoms in total. The third kappa shape index (κ3) is 4.28. The van der Waals surface area contributed by atoms with Gasteiger partial charge in [0.05, 0.1) is 6.10 Å². The van der Waals surface area contributed by atoms with E-state index in [0.29, 0.717) is 6.54 Å². The molecule has 0 aliphatic carbocycles. The second-order valence-corrected chi connectivity index (χ2v) is 6.55. The fraction of sp³-hybridized carbons (Fsp3) is 0.286. The molecule has 1 heterocycles. The largest absolute Gasteiger partial charge is 0.491 e. The Labute approximate surface area is 147 Å². The number of hydrogen-bond donors (Lipinski definition) is 2. The number of ether oxygens (including phenoxy) is 1. The lowest BCUT2D eigenvalue weighted by molar-refractivity contribution is 0.242. The number of para-hydroxylation sites is 1. The summed E-state index contributed by atoms with van der Waals surface area (Å²) in [7, 11) is 0. The third-order valence-electron chi connectivity index (χ3n) is 4.16. The smallest absolute Gasteiger partial charge is 0.252 e. The molecule has 0 saturated heterocycles. The van der Waals surface area contributed by atoms with Crippen LogP contribution in [-0.4, -0.2) is 11.1 Å². The van der Waals surface area contributed by atoms with E-state index in [4.69, 9.17) is 4.74 Å². The van der Waals surface area contributed by atoms with E-state index < -0.39 is 0 Å². The highest BCUT2D eigenvalue weighted by atomic mass is 16.5.